The molecule has 0 saturated carbocycles. The molecule has 0 aromatic heterocycles. The van der Waals surface area contributed by atoms with E-state index in [-0.39, 0.29) is 14.0 Å². The van der Waals surface area contributed by atoms with Gasteiger partial charge in [0.15, 0.2) is 0 Å². The average Bonchev–Trinajstić information content (AvgIpc) is 2.05. The zero-order valence-electron chi connectivity index (χ0n) is 5.58. The number of primary amides is 1. The van der Waals surface area contributed by atoms with E-state index in [2.05, 4.69) is 0 Å². The number of hydrogen-bond acceptors (Lipinski definition) is 1. The third-order valence-corrected chi connectivity index (χ3v) is 3.10. The molecule has 0 heterocycles. The van der Waals surface area contributed by atoms with Crippen molar-refractivity contribution >= 4 is 34.5 Å². The number of nitrogens with two attached hydrogens (primary N) is 1. The third kappa shape index (κ3) is 2.22. The van der Waals surface area contributed by atoms with E-state index in [9.17, 15) is 4.79 Å². The first-order chi connectivity index (χ1) is 5.24. The Morgan fingerprint density at radius 3 is 2.27 bits per heavy atom. The molecule has 0 saturated heterocycles. The molecule has 0 aliphatic carbocycles. The molecule has 0 radical (unpaired) electrons. The number of benzene rings is 1. The van der Waals surface area contributed by atoms with E-state index in [1.165, 1.54) is 0 Å². The Balaban J connectivity index is 2.91. The van der Waals surface area contributed by atoms with E-state index in [4.69, 9.17) is 15.8 Å². The first-order valence-electron chi connectivity index (χ1n) is 2.92. The van der Waals surface area contributed by atoms with E-state index in [1.807, 2.05) is 12.1 Å². The number of hydrogen-bond donors (Lipinski definition) is 1. The van der Waals surface area contributed by atoms with Crippen molar-refractivity contribution in [2.45, 2.75) is 0 Å². The van der Waals surface area contributed by atoms with E-state index in [0.29, 0.717) is 5.56 Å². The van der Waals surface area contributed by atoms with Crippen LogP contribution in [0.25, 0.3) is 0 Å². The van der Waals surface area contributed by atoms with E-state index < -0.39 is 5.91 Å². The van der Waals surface area contributed by atoms with Crippen LogP contribution in [-0.4, -0.2) is 20.0 Å². The van der Waals surface area contributed by atoms with Crippen molar-refractivity contribution in [3.8, 4) is 0 Å². The van der Waals surface area contributed by atoms with Crippen molar-refractivity contribution in [2.24, 2.45) is 5.73 Å². The van der Waals surface area contributed by atoms with Crippen molar-refractivity contribution in [3.05, 3.63) is 29.8 Å². The molecule has 0 atom stereocenters. The fourth-order valence-electron chi connectivity index (χ4n) is 0.671. The van der Waals surface area contributed by atoms with Crippen molar-refractivity contribution in [3.63, 3.8) is 0 Å². The summed E-state index contributed by atoms with van der Waals surface area (Å²) >= 11 is -0.0316. The predicted molar refractivity (Wildman–Crippen MR) is 46.2 cm³/mol. The molecule has 0 aliphatic heterocycles. The molecule has 4 heteroatoms. The first kappa shape index (κ1) is 8.59. The molecule has 0 aliphatic rings. The Hall–Kier alpha value is -0.501. The number of carbonyl (C=O) groups excluding carboxylic acids is 1. The average molecular weight is 235 g/mol. The topological polar surface area (TPSA) is 43.1 Å². The summed E-state index contributed by atoms with van der Waals surface area (Å²) in [5.74, 6) is -0.404. The Bertz CT molecular complexity index is 260. The van der Waals surface area contributed by atoms with E-state index >= 15 is 0 Å². The Morgan fingerprint density at radius 2 is 1.91 bits per heavy atom. The second kappa shape index (κ2) is 3.77. The van der Waals surface area contributed by atoms with Gasteiger partial charge >= 0.3 is 74.9 Å². The molecule has 2 nitrogen and oxygen atoms in total. The third-order valence-electron chi connectivity index (χ3n) is 1.23. The summed E-state index contributed by atoms with van der Waals surface area (Å²) in [6, 6.07) is 6.99. The second-order valence-corrected chi connectivity index (χ2v) is 4.08. The zero-order chi connectivity index (χ0) is 8.27. The van der Waals surface area contributed by atoms with Crippen molar-refractivity contribution in [1.29, 1.82) is 0 Å². The van der Waals surface area contributed by atoms with Gasteiger partial charge in [0, 0.05) is 0 Å². The summed E-state index contributed by atoms with van der Waals surface area (Å²) in [6.07, 6.45) is 0. The summed E-state index contributed by atoms with van der Waals surface area (Å²) in [6.45, 7) is 0. The van der Waals surface area contributed by atoms with Crippen LogP contribution < -0.4 is 10.2 Å². The molecule has 0 spiro atoms. The molecule has 1 rings (SSSR count). The molecular weight excluding hydrogens is 228 g/mol. The second-order valence-electron chi connectivity index (χ2n) is 1.97. The summed E-state index contributed by atoms with van der Waals surface area (Å²) in [5.41, 5.74) is 5.56. The van der Waals surface area contributed by atoms with Crippen LogP contribution in [0.1, 0.15) is 10.4 Å². The van der Waals surface area contributed by atoms with Gasteiger partial charge in [-0.05, 0) is 0 Å². The van der Waals surface area contributed by atoms with Gasteiger partial charge in [-0.2, -0.15) is 0 Å². The van der Waals surface area contributed by atoms with Gasteiger partial charge in [-0.15, -0.1) is 0 Å². The Labute approximate surface area is 75.1 Å². The summed E-state index contributed by atoms with van der Waals surface area (Å²) in [5, 5.41) is 0. The van der Waals surface area contributed by atoms with E-state index in [0.717, 1.165) is 4.46 Å². The SMILES string of the molecule is NC(=O)c1ccc([Se]Cl)cc1. The minimum atomic E-state index is -0.404. The van der Waals surface area contributed by atoms with Crippen LogP contribution in [0.4, 0.5) is 0 Å². The molecule has 2 N–H and O–H groups in total. The van der Waals surface area contributed by atoms with Crippen LogP contribution in [0.15, 0.2) is 24.3 Å². The molecule has 0 unspecified atom stereocenters. The molecule has 1 aromatic rings. The number of rotatable bonds is 2. The van der Waals surface area contributed by atoms with Crippen LogP contribution in [-0.2, 0) is 0 Å². The number of carbonyl (C=O) groups is 1. The normalized spacial score (nSPS) is 9.55. The predicted octanol–water partition coefficient (Wildman–Crippen LogP) is 0.269. The molecular formula is C7H6ClNOSe. The maximum atomic E-state index is 10.6. The van der Waals surface area contributed by atoms with Crippen molar-refractivity contribution < 1.29 is 4.79 Å². The fraction of sp³-hybridized carbons (Fsp3) is 0. The quantitative estimate of drug-likeness (QED) is 0.734. The maximum absolute atomic E-state index is 10.6. The van der Waals surface area contributed by atoms with E-state index in [1.54, 1.807) is 12.1 Å². The zero-order valence-corrected chi connectivity index (χ0v) is 8.05. The van der Waals surface area contributed by atoms with Gasteiger partial charge < -0.3 is 0 Å². The van der Waals surface area contributed by atoms with Crippen LogP contribution in [0, 0.1) is 0 Å². The Kier molecular flexibility index (Phi) is 2.94. The summed E-state index contributed by atoms with van der Waals surface area (Å²) < 4.78 is 1.05. The van der Waals surface area contributed by atoms with Crippen LogP contribution in [0.3, 0.4) is 0 Å². The molecule has 0 bridgehead atoms. The van der Waals surface area contributed by atoms with Gasteiger partial charge in [-0.1, -0.05) is 0 Å². The monoisotopic (exact) mass is 235 g/mol. The minimum absolute atomic E-state index is 0.0316. The first-order valence-corrected chi connectivity index (χ1v) is 6.03. The van der Waals surface area contributed by atoms with Gasteiger partial charge in [-0.25, -0.2) is 0 Å². The van der Waals surface area contributed by atoms with Crippen molar-refractivity contribution in [1.82, 2.24) is 0 Å². The molecule has 11 heavy (non-hydrogen) atoms. The van der Waals surface area contributed by atoms with Gasteiger partial charge in [0.25, 0.3) is 0 Å². The Morgan fingerprint density at radius 1 is 1.36 bits per heavy atom. The molecule has 1 amide bonds. The number of halogens is 1. The standard InChI is InChI=1S/C7H6ClNOSe/c8-11-6-3-1-5(2-4-6)7(9)10/h1-4H,(H2,9,10). The van der Waals surface area contributed by atoms with Crippen LogP contribution in [0.5, 0.6) is 0 Å². The number of amides is 1. The fourth-order valence-corrected chi connectivity index (χ4v) is 1.71. The van der Waals surface area contributed by atoms with Crippen molar-refractivity contribution in [2.75, 3.05) is 0 Å². The molecule has 58 valence electrons. The van der Waals surface area contributed by atoms with Gasteiger partial charge in [0.2, 0.25) is 0 Å². The summed E-state index contributed by atoms with van der Waals surface area (Å²) in [7, 11) is 5.61. The van der Waals surface area contributed by atoms with Gasteiger partial charge in [0.1, 0.15) is 0 Å². The van der Waals surface area contributed by atoms with Gasteiger partial charge in [-0.3, -0.25) is 0 Å². The molecule has 1 aromatic carbocycles. The summed E-state index contributed by atoms with van der Waals surface area (Å²) in [4.78, 5) is 10.6. The van der Waals surface area contributed by atoms with Gasteiger partial charge in [0.05, 0.1) is 0 Å². The molecule has 0 fully saturated rings. The van der Waals surface area contributed by atoms with Crippen LogP contribution >= 0.6 is 10.1 Å². The van der Waals surface area contributed by atoms with Crippen LogP contribution in [0.2, 0.25) is 0 Å².